The number of hydrogen-bond donors (Lipinski definition) is 1. The summed E-state index contributed by atoms with van der Waals surface area (Å²) in [7, 11) is 0. The first-order chi connectivity index (χ1) is 9.84. The first-order valence-corrected chi connectivity index (χ1v) is 6.92. The zero-order valence-corrected chi connectivity index (χ0v) is 11.2. The quantitative estimate of drug-likeness (QED) is 0.612. The van der Waals surface area contributed by atoms with Crippen LogP contribution in [0.5, 0.6) is 0 Å². The van der Waals surface area contributed by atoms with Crippen molar-refractivity contribution in [3.63, 3.8) is 0 Å². The highest BCUT2D eigenvalue weighted by Gasteiger charge is 2.17. The van der Waals surface area contributed by atoms with Crippen LogP contribution in [-0.4, -0.2) is 14.4 Å². The Morgan fingerprint density at radius 1 is 1.25 bits per heavy atom. The fourth-order valence-corrected chi connectivity index (χ4v) is 3.08. The summed E-state index contributed by atoms with van der Waals surface area (Å²) in [5, 5.41) is 1.99. The predicted molar refractivity (Wildman–Crippen MR) is 78.4 cm³/mol. The Labute approximate surface area is 118 Å². The van der Waals surface area contributed by atoms with Gasteiger partial charge in [0, 0.05) is 23.3 Å². The third-order valence-corrected chi connectivity index (χ3v) is 3.93. The first-order valence-electron chi connectivity index (χ1n) is 6.04. The standard InChI is InChI=1S/C14H10N4OS/c15-13-12(9-3-1-5-16-7-9)17-14-18(13)10(8-20-14)11-4-2-6-19-11/h1-8H,15H2. The van der Waals surface area contributed by atoms with Crippen LogP contribution in [0.1, 0.15) is 0 Å². The van der Waals surface area contributed by atoms with Crippen molar-refractivity contribution in [2.24, 2.45) is 0 Å². The monoisotopic (exact) mass is 282 g/mol. The molecule has 0 unspecified atom stereocenters. The second-order valence-corrected chi connectivity index (χ2v) is 5.14. The van der Waals surface area contributed by atoms with Crippen LogP contribution in [0.3, 0.4) is 0 Å². The number of rotatable bonds is 2. The Morgan fingerprint density at radius 2 is 2.20 bits per heavy atom. The van der Waals surface area contributed by atoms with Gasteiger partial charge in [0.05, 0.1) is 6.26 Å². The third kappa shape index (κ3) is 1.55. The number of nitrogen functional groups attached to an aromatic ring is 1. The van der Waals surface area contributed by atoms with Gasteiger partial charge in [0.15, 0.2) is 10.7 Å². The van der Waals surface area contributed by atoms with Gasteiger partial charge in [0.2, 0.25) is 0 Å². The van der Waals surface area contributed by atoms with Gasteiger partial charge in [-0.15, -0.1) is 11.3 Å². The molecule has 4 heterocycles. The number of hydrogen-bond acceptors (Lipinski definition) is 5. The highest BCUT2D eigenvalue weighted by atomic mass is 32.1. The lowest BCUT2D eigenvalue weighted by atomic mass is 10.2. The molecule has 4 rings (SSSR count). The number of fused-ring (bicyclic) bond motifs is 1. The number of nitrogens with two attached hydrogens (primary N) is 1. The fraction of sp³-hybridized carbons (Fsp3) is 0. The highest BCUT2D eigenvalue weighted by Crippen LogP contribution is 2.34. The number of furan rings is 1. The number of thiazole rings is 1. The molecule has 0 saturated carbocycles. The van der Waals surface area contributed by atoms with E-state index >= 15 is 0 Å². The number of pyridine rings is 1. The Balaban J connectivity index is 1.97. The maximum Gasteiger partial charge on any atom is 0.196 e. The first kappa shape index (κ1) is 11.2. The molecule has 0 radical (unpaired) electrons. The molecule has 0 aliphatic carbocycles. The van der Waals surface area contributed by atoms with Crippen molar-refractivity contribution in [3.8, 4) is 22.7 Å². The average molecular weight is 282 g/mol. The Bertz CT molecular complexity index is 862. The van der Waals surface area contributed by atoms with Gasteiger partial charge < -0.3 is 10.2 Å². The molecule has 0 atom stereocenters. The zero-order valence-electron chi connectivity index (χ0n) is 10.4. The van der Waals surface area contributed by atoms with E-state index in [9.17, 15) is 0 Å². The molecular formula is C14H10N4OS. The van der Waals surface area contributed by atoms with Crippen LogP contribution in [0.25, 0.3) is 27.7 Å². The van der Waals surface area contributed by atoms with E-state index in [1.807, 2.05) is 34.0 Å². The van der Waals surface area contributed by atoms with E-state index in [1.165, 1.54) is 11.3 Å². The van der Waals surface area contributed by atoms with Gasteiger partial charge in [-0.2, -0.15) is 0 Å². The Morgan fingerprint density at radius 3 is 2.95 bits per heavy atom. The molecule has 0 bridgehead atoms. The lowest BCUT2D eigenvalue weighted by molar-refractivity contribution is 0.579. The van der Waals surface area contributed by atoms with Gasteiger partial charge in [-0.1, -0.05) is 0 Å². The maximum absolute atomic E-state index is 6.26. The van der Waals surface area contributed by atoms with Gasteiger partial charge in [0.25, 0.3) is 0 Å². The lowest BCUT2D eigenvalue weighted by Gasteiger charge is -2.00. The van der Waals surface area contributed by atoms with Gasteiger partial charge >= 0.3 is 0 Å². The summed E-state index contributed by atoms with van der Waals surface area (Å²) in [6.07, 6.45) is 5.13. The van der Waals surface area contributed by atoms with E-state index in [-0.39, 0.29) is 0 Å². The lowest BCUT2D eigenvalue weighted by Crippen LogP contribution is -1.95. The topological polar surface area (TPSA) is 69.3 Å². The summed E-state index contributed by atoms with van der Waals surface area (Å²) < 4.78 is 7.35. The molecule has 0 fully saturated rings. The van der Waals surface area contributed by atoms with Crippen molar-refractivity contribution in [2.45, 2.75) is 0 Å². The van der Waals surface area contributed by atoms with E-state index in [4.69, 9.17) is 10.2 Å². The van der Waals surface area contributed by atoms with Crippen LogP contribution < -0.4 is 5.73 Å². The molecule has 0 amide bonds. The molecule has 4 aromatic rings. The maximum atomic E-state index is 6.26. The largest absolute Gasteiger partial charge is 0.463 e. The smallest absolute Gasteiger partial charge is 0.196 e. The van der Waals surface area contributed by atoms with Crippen molar-refractivity contribution in [1.82, 2.24) is 14.4 Å². The third-order valence-electron chi connectivity index (χ3n) is 3.11. The fourth-order valence-electron chi connectivity index (χ4n) is 2.19. The molecule has 98 valence electrons. The average Bonchev–Trinajstić information content (AvgIpc) is 3.18. The molecular weight excluding hydrogens is 272 g/mol. The van der Waals surface area contributed by atoms with Crippen LogP contribution in [0, 0.1) is 0 Å². The summed E-state index contributed by atoms with van der Waals surface area (Å²) in [6, 6.07) is 7.58. The molecule has 0 aromatic carbocycles. The SMILES string of the molecule is Nc1c(-c2cccnc2)nc2scc(-c3ccco3)n12. The van der Waals surface area contributed by atoms with Crippen LogP contribution >= 0.6 is 11.3 Å². The van der Waals surface area contributed by atoms with Crippen molar-refractivity contribution in [2.75, 3.05) is 5.73 Å². The summed E-state index contributed by atoms with van der Waals surface area (Å²) in [5.41, 5.74) is 8.83. The van der Waals surface area contributed by atoms with Crippen LogP contribution in [0.15, 0.2) is 52.7 Å². The number of anilines is 1. The van der Waals surface area contributed by atoms with E-state index in [1.54, 1.807) is 18.7 Å². The number of imidazole rings is 1. The molecule has 6 heteroatoms. The van der Waals surface area contributed by atoms with Crippen LogP contribution in [-0.2, 0) is 0 Å². The van der Waals surface area contributed by atoms with E-state index in [0.717, 1.165) is 27.7 Å². The Hall–Kier alpha value is -2.60. The van der Waals surface area contributed by atoms with Gasteiger partial charge in [-0.05, 0) is 24.3 Å². The summed E-state index contributed by atoms with van der Waals surface area (Å²) in [4.78, 5) is 9.54. The molecule has 5 nitrogen and oxygen atoms in total. The van der Waals surface area contributed by atoms with Crippen molar-refractivity contribution in [1.29, 1.82) is 0 Å². The van der Waals surface area contributed by atoms with Crippen molar-refractivity contribution >= 4 is 22.1 Å². The predicted octanol–water partition coefficient (Wildman–Crippen LogP) is 3.30. The minimum absolute atomic E-state index is 0.598. The molecule has 0 aliphatic heterocycles. The summed E-state index contributed by atoms with van der Waals surface area (Å²) >= 11 is 1.53. The van der Waals surface area contributed by atoms with E-state index in [0.29, 0.717) is 5.82 Å². The van der Waals surface area contributed by atoms with Crippen LogP contribution in [0.2, 0.25) is 0 Å². The van der Waals surface area contributed by atoms with Gasteiger partial charge in [-0.3, -0.25) is 9.38 Å². The highest BCUT2D eigenvalue weighted by molar-refractivity contribution is 7.15. The summed E-state index contributed by atoms with van der Waals surface area (Å²) in [5.74, 6) is 1.37. The number of aromatic nitrogens is 3. The normalized spacial score (nSPS) is 11.2. The van der Waals surface area contributed by atoms with Crippen LogP contribution in [0.4, 0.5) is 5.82 Å². The van der Waals surface area contributed by atoms with Crippen molar-refractivity contribution < 1.29 is 4.42 Å². The second kappa shape index (κ2) is 4.21. The summed E-state index contributed by atoms with van der Waals surface area (Å²) in [6.45, 7) is 0. The molecule has 4 aromatic heterocycles. The zero-order chi connectivity index (χ0) is 13.5. The molecule has 0 spiro atoms. The van der Waals surface area contributed by atoms with Gasteiger partial charge in [0.1, 0.15) is 17.2 Å². The van der Waals surface area contributed by atoms with E-state index in [2.05, 4.69) is 9.97 Å². The minimum atomic E-state index is 0.598. The van der Waals surface area contributed by atoms with E-state index < -0.39 is 0 Å². The minimum Gasteiger partial charge on any atom is -0.463 e. The van der Waals surface area contributed by atoms with Gasteiger partial charge in [-0.25, -0.2) is 4.98 Å². The molecule has 20 heavy (non-hydrogen) atoms. The Kier molecular flexibility index (Phi) is 2.37. The number of nitrogens with zero attached hydrogens (tertiary/aromatic N) is 3. The molecule has 0 aliphatic rings. The molecule has 0 saturated heterocycles. The molecule has 2 N–H and O–H groups in total. The van der Waals surface area contributed by atoms with Crippen molar-refractivity contribution in [3.05, 3.63) is 48.3 Å². The second-order valence-electron chi connectivity index (χ2n) is 4.30.